The molecule has 1 aliphatic heterocycles. The predicted molar refractivity (Wildman–Crippen MR) is 113 cm³/mol. The summed E-state index contributed by atoms with van der Waals surface area (Å²) in [5.41, 5.74) is 0.467. The number of carbonyl (C=O) groups is 2. The summed E-state index contributed by atoms with van der Waals surface area (Å²) in [6.45, 7) is 8.38. The van der Waals surface area contributed by atoms with Crippen molar-refractivity contribution in [1.29, 1.82) is 0 Å². The molecule has 8 heteroatoms. The highest BCUT2D eigenvalue weighted by molar-refractivity contribution is 6.42. The molecular weight excluding hydrogens is 417 g/mol. The van der Waals surface area contributed by atoms with E-state index in [1.165, 1.54) is 11.0 Å². The first kappa shape index (κ1) is 23.5. The van der Waals surface area contributed by atoms with Gasteiger partial charge in [-0.2, -0.15) is 0 Å². The van der Waals surface area contributed by atoms with Crippen LogP contribution < -0.4 is 0 Å². The topological polar surface area (TPSA) is 76.1 Å². The van der Waals surface area contributed by atoms with Gasteiger partial charge in [-0.1, -0.05) is 50.0 Å². The van der Waals surface area contributed by atoms with Crippen LogP contribution in [0.3, 0.4) is 0 Å². The third kappa shape index (κ3) is 6.36. The Hall–Kier alpha value is -1.76. The van der Waals surface area contributed by atoms with Crippen LogP contribution in [0.4, 0.5) is 4.79 Å². The summed E-state index contributed by atoms with van der Waals surface area (Å²) in [6.07, 6.45) is 1.01. The molecule has 2 rings (SSSR count). The smallest absolute Gasteiger partial charge is 0.407 e. The summed E-state index contributed by atoms with van der Waals surface area (Å²) < 4.78 is 11.3. The van der Waals surface area contributed by atoms with Crippen molar-refractivity contribution in [3.8, 4) is 0 Å². The zero-order chi connectivity index (χ0) is 21.8. The van der Waals surface area contributed by atoms with Gasteiger partial charge in [0.2, 0.25) is 0 Å². The molecule has 160 valence electrons. The second-order valence-corrected chi connectivity index (χ2v) is 8.85. The zero-order valence-corrected chi connectivity index (χ0v) is 18.5. The summed E-state index contributed by atoms with van der Waals surface area (Å²) in [4.78, 5) is 25.1. The third-order valence-corrected chi connectivity index (χ3v) is 5.58. The molecule has 1 aliphatic rings. The van der Waals surface area contributed by atoms with Crippen molar-refractivity contribution in [2.24, 2.45) is 5.41 Å². The van der Waals surface area contributed by atoms with Gasteiger partial charge in [0.1, 0.15) is 0 Å². The number of benzene rings is 1. The zero-order valence-electron chi connectivity index (χ0n) is 17.0. The van der Waals surface area contributed by atoms with Gasteiger partial charge in [0, 0.05) is 18.5 Å². The molecule has 1 aromatic rings. The lowest BCUT2D eigenvalue weighted by Crippen LogP contribution is -2.42. The minimum Gasteiger partial charge on any atom is -0.465 e. The molecule has 3 atom stereocenters. The molecule has 6 nitrogen and oxygen atoms in total. The monoisotopic (exact) mass is 443 g/mol. The van der Waals surface area contributed by atoms with Crippen LogP contribution in [0.25, 0.3) is 0 Å². The third-order valence-electron chi connectivity index (χ3n) is 4.84. The highest BCUT2D eigenvalue weighted by Crippen LogP contribution is 2.36. The quantitative estimate of drug-likeness (QED) is 0.523. The number of carboxylic acid groups (broad SMARTS) is 1. The number of hydrogen-bond donors (Lipinski definition) is 1. The fraction of sp³-hybridized carbons (Fsp3) is 0.524. The number of nitrogens with zero attached hydrogens (tertiary/aromatic N) is 1. The molecule has 1 saturated heterocycles. The second kappa shape index (κ2) is 9.83. The molecule has 1 aromatic carbocycles. The average Bonchev–Trinajstić information content (AvgIpc) is 2.82. The lowest BCUT2D eigenvalue weighted by Gasteiger charge is -2.33. The molecule has 3 unspecified atom stereocenters. The molecular formula is C21H27Cl2NO5. The van der Waals surface area contributed by atoms with Gasteiger partial charge in [0.05, 0.1) is 35.4 Å². The van der Waals surface area contributed by atoms with Gasteiger partial charge < -0.3 is 19.5 Å². The van der Waals surface area contributed by atoms with E-state index >= 15 is 0 Å². The number of halogens is 2. The minimum absolute atomic E-state index is 0.192. The summed E-state index contributed by atoms with van der Waals surface area (Å²) in [7, 11) is 0. The van der Waals surface area contributed by atoms with Crippen LogP contribution >= 0.6 is 23.2 Å². The molecule has 1 amide bonds. The standard InChI is InChI=1S/C21H27Cl2NO5/c1-5-28-19(25)9-8-17-14(13-6-7-15(22)16(23)10-13)11-24(20(26)27)12-18(29-17)21(2,3)4/h6-10,14,17-18H,5,11-12H2,1-4H3,(H,26,27). The van der Waals surface area contributed by atoms with Crippen LogP contribution in [0.1, 0.15) is 39.2 Å². The molecule has 0 radical (unpaired) electrons. The maximum Gasteiger partial charge on any atom is 0.407 e. The van der Waals surface area contributed by atoms with Gasteiger partial charge in [0.25, 0.3) is 0 Å². The number of hydrogen-bond acceptors (Lipinski definition) is 4. The van der Waals surface area contributed by atoms with E-state index in [1.807, 2.05) is 20.8 Å². The highest BCUT2D eigenvalue weighted by atomic mass is 35.5. The largest absolute Gasteiger partial charge is 0.465 e. The summed E-state index contributed by atoms with van der Waals surface area (Å²) in [5, 5.41) is 10.5. The van der Waals surface area contributed by atoms with Crippen LogP contribution in [-0.4, -0.2) is 54.0 Å². The lowest BCUT2D eigenvalue weighted by molar-refractivity contribution is -0.137. The van der Waals surface area contributed by atoms with Crippen LogP contribution in [0.2, 0.25) is 10.0 Å². The van der Waals surface area contributed by atoms with E-state index in [4.69, 9.17) is 32.7 Å². The molecule has 0 saturated carbocycles. The van der Waals surface area contributed by atoms with E-state index < -0.39 is 18.2 Å². The Morgan fingerprint density at radius 1 is 1.28 bits per heavy atom. The summed E-state index contributed by atoms with van der Waals surface area (Å²) >= 11 is 12.2. The van der Waals surface area contributed by atoms with Crippen LogP contribution in [0, 0.1) is 5.41 Å². The fourth-order valence-corrected chi connectivity index (χ4v) is 3.47. The predicted octanol–water partition coefficient (Wildman–Crippen LogP) is 4.99. The molecule has 0 spiro atoms. The van der Waals surface area contributed by atoms with Crippen molar-refractivity contribution in [1.82, 2.24) is 4.90 Å². The summed E-state index contributed by atoms with van der Waals surface area (Å²) in [6, 6.07) is 5.17. The van der Waals surface area contributed by atoms with Crippen molar-refractivity contribution < 1.29 is 24.2 Å². The Balaban J connectivity index is 2.48. The molecule has 1 fully saturated rings. The van der Waals surface area contributed by atoms with Gasteiger partial charge in [0.15, 0.2) is 0 Å². The Kier molecular flexibility index (Phi) is 7.97. The summed E-state index contributed by atoms with van der Waals surface area (Å²) in [5.74, 6) is -0.852. The SMILES string of the molecule is CCOC(=O)C=CC1OC(C(C)(C)C)CN(C(=O)O)CC1c1ccc(Cl)c(Cl)c1. The van der Waals surface area contributed by atoms with Crippen LogP contribution in [0.5, 0.6) is 0 Å². The number of rotatable bonds is 4. The molecule has 0 aromatic heterocycles. The Bertz CT molecular complexity index is 775. The number of esters is 1. The van der Waals surface area contributed by atoms with Gasteiger partial charge in [-0.25, -0.2) is 9.59 Å². The van der Waals surface area contributed by atoms with Gasteiger partial charge in [-0.05, 0) is 36.1 Å². The maximum absolute atomic E-state index is 11.9. The van der Waals surface area contributed by atoms with E-state index in [-0.39, 0.29) is 37.1 Å². The first-order chi connectivity index (χ1) is 13.5. The first-order valence-corrected chi connectivity index (χ1v) is 10.2. The average molecular weight is 444 g/mol. The fourth-order valence-electron chi connectivity index (χ4n) is 3.16. The Morgan fingerprint density at radius 2 is 1.97 bits per heavy atom. The van der Waals surface area contributed by atoms with E-state index in [1.54, 1.807) is 31.2 Å². The first-order valence-electron chi connectivity index (χ1n) is 9.46. The van der Waals surface area contributed by atoms with E-state index in [2.05, 4.69) is 0 Å². The van der Waals surface area contributed by atoms with Crippen molar-refractivity contribution in [2.45, 2.75) is 45.8 Å². The normalized spacial score (nSPS) is 23.1. The number of ether oxygens (including phenoxy) is 2. The van der Waals surface area contributed by atoms with Crippen molar-refractivity contribution in [3.63, 3.8) is 0 Å². The number of amides is 1. The molecule has 0 aliphatic carbocycles. The molecule has 1 heterocycles. The molecule has 1 N–H and O–H groups in total. The van der Waals surface area contributed by atoms with Crippen LogP contribution in [-0.2, 0) is 14.3 Å². The van der Waals surface area contributed by atoms with Crippen molar-refractivity contribution in [3.05, 3.63) is 46.0 Å². The van der Waals surface area contributed by atoms with Crippen molar-refractivity contribution in [2.75, 3.05) is 19.7 Å². The second-order valence-electron chi connectivity index (χ2n) is 8.03. The molecule has 0 bridgehead atoms. The van der Waals surface area contributed by atoms with Gasteiger partial charge in [-0.15, -0.1) is 0 Å². The lowest BCUT2D eigenvalue weighted by atomic mass is 9.88. The van der Waals surface area contributed by atoms with Crippen molar-refractivity contribution >= 4 is 35.3 Å². The highest BCUT2D eigenvalue weighted by Gasteiger charge is 2.39. The maximum atomic E-state index is 11.9. The molecule has 29 heavy (non-hydrogen) atoms. The minimum atomic E-state index is -1.03. The van der Waals surface area contributed by atoms with Crippen LogP contribution in [0.15, 0.2) is 30.4 Å². The number of carbonyl (C=O) groups excluding carboxylic acids is 1. The Labute approximate surface area is 181 Å². The van der Waals surface area contributed by atoms with E-state index in [9.17, 15) is 14.7 Å². The van der Waals surface area contributed by atoms with E-state index in [0.717, 1.165) is 5.56 Å². The van der Waals surface area contributed by atoms with Gasteiger partial charge >= 0.3 is 12.1 Å². The van der Waals surface area contributed by atoms with Gasteiger partial charge in [-0.3, -0.25) is 0 Å². The Morgan fingerprint density at radius 3 is 2.52 bits per heavy atom. The van der Waals surface area contributed by atoms with E-state index in [0.29, 0.717) is 10.0 Å².